The fraction of sp³-hybridized carbons (Fsp3) is 0.258. The van der Waals surface area contributed by atoms with Gasteiger partial charge in [-0.25, -0.2) is 32.5 Å². The number of anilines is 3. The number of phenols is 3. The number of hydrogen-bond acceptors (Lipinski definition) is 21. The highest BCUT2D eigenvalue weighted by atomic mass is 35.5. The molecule has 3 aliphatic rings. The second-order valence-electron chi connectivity index (χ2n) is 32.0. The average Bonchev–Trinajstić information content (AvgIpc) is 0.728. The van der Waals surface area contributed by atoms with Gasteiger partial charge in [-0.15, -0.1) is 0 Å². The van der Waals surface area contributed by atoms with Crippen molar-refractivity contribution in [1.82, 2.24) is 58.3 Å². The largest absolute Gasteiger partial charge is 0.504 e. The molecule has 0 atom stereocenters. The van der Waals surface area contributed by atoms with Crippen LogP contribution in [0, 0.1) is 95.5 Å². The minimum absolute atomic E-state index is 0.0210. The van der Waals surface area contributed by atoms with Gasteiger partial charge in [-0.1, -0.05) is 154 Å². The average molecular weight is 2010 g/mol. The van der Waals surface area contributed by atoms with Crippen LogP contribution in [0.3, 0.4) is 0 Å². The number of carbonyl (C=O) groups excluding carboxylic acids is 3. The molecule has 0 saturated carbocycles. The predicted molar refractivity (Wildman–Crippen MR) is 504 cm³/mol. The predicted octanol–water partition coefficient (Wildman–Crippen LogP) is 19.1. The lowest BCUT2D eigenvalue weighted by atomic mass is 10.0. The number of nitriles is 3. The number of fused-ring (bicyclic) bond motifs is 3. The Kier molecular flexibility index (Phi) is 29.3. The smallest absolute Gasteiger partial charge is 0.276 e. The van der Waals surface area contributed by atoms with Gasteiger partial charge in [0.25, 0.3) is 16.7 Å². The minimum Gasteiger partial charge on any atom is -0.504 e. The van der Waals surface area contributed by atoms with Crippen LogP contribution >= 0.6 is 92.8 Å². The van der Waals surface area contributed by atoms with Crippen LogP contribution in [0.2, 0.25) is 40.2 Å². The van der Waals surface area contributed by atoms with E-state index >= 15 is 4.39 Å². The molecule has 3 aliphatic heterocycles. The standard InChI is InChI=1S/2C31H25Cl3F2N6O3.C31H25Cl2F3N6O3/c2*1-5-19(43)40-8-10-41(11-9-40)28-16-12-18(32)26(20-21(33)22(34)23(35)24(36)29(20)44)39-30(16)42(31(45)17(28)13-37)27-15(4)6-7-38-25(27)14(2)3;1-5-19(43)40-8-10-41(11-9-40)28-16-12-18(32)26(20-22(34)21(33)23(35)24(36)29(20)44)39-30(16)42(31(45)17(28)13-37)27-15(4)6-7-38-25(27)14(2)3/h3*5-7,12,14,44H,1,8-11H2,2-4H3. The van der Waals surface area contributed by atoms with Crippen LogP contribution in [0.25, 0.3) is 83.9 Å². The highest BCUT2D eigenvalue weighted by Gasteiger charge is 2.39. The summed E-state index contributed by atoms with van der Waals surface area (Å²) in [5, 5.41) is 59.0. The molecule has 0 spiro atoms. The molecule has 3 fully saturated rings. The summed E-state index contributed by atoms with van der Waals surface area (Å²) in [7, 11) is 0. The summed E-state index contributed by atoms with van der Waals surface area (Å²) in [6, 6.07) is 15.3. The summed E-state index contributed by atoms with van der Waals surface area (Å²) in [6.07, 6.45) is 8.39. The third kappa shape index (κ3) is 17.7. The molecular formula is C93H75Cl8F7N18O9. The molecular weight excluding hydrogens is 1930 g/mol. The van der Waals surface area contributed by atoms with Crippen LogP contribution in [0.5, 0.6) is 17.2 Å². The van der Waals surface area contributed by atoms with Crippen molar-refractivity contribution in [2.45, 2.75) is 80.1 Å². The van der Waals surface area contributed by atoms with E-state index in [1.54, 1.807) is 87.0 Å². The van der Waals surface area contributed by atoms with Crippen molar-refractivity contribution in [3.8, 4) is 86.3 Å². The maximum Gasteiger partial charge on any atom is 0.276 e. The van der Waals surface area contributed by atoms with Crippen LogP contribution in [-0.2, 0) is 14.4 Å². The normalized spacial score (nSPS) is 13.4. The number of rotatable bonds is 15. The Morgan fingerprint density at radius 2 is 0.622 bits per heavy atom. The Balaban J connectivity index is 0.000000171. The van der Waals surface area contributed by atoms with E-state index in [-0.39, 0.29) is 207 Å². The SMILES string of the molecule is C=CC(=O)N1CCN(c2c(C#N)c(=O)n(-c3c(C)ccnc3C(C)C)c3nc(-c4c(O)c(F)c(F)c(Cl)c4Cl)c(Cl)cc23)CC1.C=CC(=O)N1CCN(c2c(C#N)c(=O)n(-c3c(C)ccnc3C(C)C)c3nc(-c4c(O)c(F)c(F)c(Cl)c4Cl)c(Cl)cc23)CC1.C=CC(=O)N1CCN(c2c(C#N)c(=O)n(-c3c(C)ccnc3C(C)C)c3nc(-c4c(O)c(F)c(F)c(Cl)c4F)c(Cl)cc23)CC1. The highest BCUT2D eigenvalue weighted by molar-refractivity contribution is 6.46. The Morgan fingerprint density at radius 1 is 0.378 bits per heavy atom. The van der Waals surface area contributed by atoms with Gasteiger partial charge < -0.3 is 44.7 Å². The molecule has 135 heavy (non-hydrogen) atoms. The number of nitrogens with zero attached hydrogens (tertiary/aromatic N) is 18. The van der Waals surface area contributed by atoms with Crippen molar-refractivity contribution in [2.24, 2.45) is 0 Å². The molecule has 3 aromatic carbocycles. The first-order valence-electron chi connectivity index (χ1n) is 41.1. The summed E-state index contributed by atoms with van der Waals surface area (Å²) in [6.45, 7) is 30.3. The lowest BCUT2D eigenvalue weighted by Gasteiger charge is -2.36. The first-order chi connectivity index (χ1) is 64.0. The minimum atomic E-state index is -1.82. The molecule has 3 amide bonds. The Hall–Kier alpha value is -13.1. The van der Waals surface area contributed by atoms with E-state index in [9.17, 15) is 86.2 Å². The van der Waals surface area contributed by atoms with E-state index < -0.39 is 122 Å². The molecule has 696 valence electrons. The number of aryl methyl sites for hydroxylation is 3. The third-order valence-corrected chi connectivity index (χ3v) is 25.9. The van der Waals surface area contributed by atoms with E-state index in [4.69, 9.17) is 92.8 Å². The fourth-order valence-corrected chi connectivity index (χ4v) is 18.2. The molecule has 3 saturated heterocycles. The van der Waals surface area contributed by atoms with Crippen molar-refractivity contribution in [2.75, 3.05) is 93.2 Å². The number of hydrogen-bond donors (Lipinski definition) is 3. The number of phenolic OH excluding ortho intramolecular Hbond substituents is 3. The van der Waals surface area contributed by atoms with Crippen molar-refractivity contribution >= 4 is 161 Å². The van der Waals surface area contributed by atoms with Crippen molar-refractivity contribution in [1.29, 1.82) is 15.8 Å². The Morgan fingerprint density at radius 3 is 0.867 bits per heavy atom. The van der Waals surface area contributed by atoms with E-state index in [2.05, 4.69) is 49.6 Å². The van der Waals surface area contributed by atoms with E-state index in [1.807, 2.05) is 59.8 Å². The summed E-state index contributed by atoms with van der Waals surface area (Å²) < 4.78 is 106. The molecule has 0 unspecified atom stereocenters. The van der Waals surface area contributed by atoms with Gasteiger partial charge in [0, 0.05) is 113 Å². The van der Waals surface area contributed by atoms with Gasteiger partial charge in [0.05, 0.1) is 120 Å². The molecule has 0 bridgehead atoms. The number of aromatic nitrogens is 9. The summed E-state index contributed by atoms with van der Waals surface area (Å²) in [5.41, 5.74) is -0.965. The number of piperazine rings is 3. The lowest BCUT2D eigenvalue weighted by molar-refractivity contribution is -0.127. The molecule has 42 heteroatoms. The van der Waals surface area contributed by atoms with Crippen LogP contribution in [0.15, 0.2) is 107 Å². The zero-order valence-corrected chi connectivity index (χ0v) is 78.8. The summed E-state index contributed by atoms with van der Waals surface area (Å²) in [4.78, 5) is 117. The third-order valence-electron chi connectivity index (χ3n) is 23.0. The zero-order chi connectivity index (χ0) is 98.7. The second kappa shape index (κ2) is 39.8. The number of halogens is 15. The van der Waals surface area contributed by atoms with Gasteiger partial charge in [-0.3, -0.25) is 57.4 Å². The molecule has 3 N–H and O–H groups in total. The van der Waals surface area contributed by atoms with Crippen LogP contribution in [-0.4, -0.2) is 170 Å². The zero-order valence-electron chi connectivity index (χ0n) is 72.8. The quantitative estimate of drug-likeness (QED) is 0.0371. The maximum absolute atomic E-state index is 15.4. The van der Waals surface area contributed by atoms with Crippen LogP contribution in [0.4, 0.5) is 47.8 Å². The first kappa shape index (κ1) is 99.4. The second-order valence-corrected chi connectivity index (χ2v) is 35.1. The molecule has 0 radical (unpaired) electrons. The first-order valence-corrected chi connectivity index (χ1v) is 44.1. The van der Waals surface area contributed by atoms with E-state index in [1.165, 1.54) is 45.6 Å². The van der Waals surface area contributed by atoms with Crippen molar-refractivity contribution in [3.63, 3.8) is 0 Å². The summed E-state index contributed by atoms with van der Waals surface area (Å²) in [5.74, 6) is -16.7. The van der Waals surface area contributed by atoms with Gasteiger partial charge in [0.15, 0.2) is 40.5 Å². The van der Waals surface area contributed by atoms with Crippen molar-refractivity contribution < 1.29 is 60.4 Å². The molecule has 12 heterocycles. The van der Waals surface area contributed by atoms with Gasteiger partial charge in [0.2, 0.25) is 35.2 Å². The molecule has 12 aromatic rings. The van der Waals surface area contributed by atoms with Gasteiger partial charge in [-0.05, 0) is 110 Å². The Bertz CT molecular complexity index is 6650. The number of benzene rings is 3. The number of aromatic hydroxyl groups is 3. The van der Waals surface area contributed by atoms with Crippen LogP contribution in [0.1, 0.15) is 110 Å². The van der Waals surface area contributed by atoms with Crippen LogP contribution < -0.4 is 31.4 Å². The number of amides is 3. The van der Waals surface area contributed by atoms with Gasteiger partial charge >= 0.3 is 0 Å². The van der Waals surface area contributed by atoms with E-state index in [0.717, 1.165) is 4.57 Å². The highest BCUT2D eigenvalue weighted by Crippen LogP contribution is 2.51. The fourth-order valence-electron chi connectivity index (χ4n) is 16.4. The molecule has 27 nitrogen and oxygen atoms in total. The lowest BCUT2D eigenvalue weighted by Crippen LogP contribution is -2.49. The molecule has 0 aliphatic carbocycles. The number of carbonyl (C=O) groups is 3. The molecule has 9 aromatic heterocycles. The Labute approximate surface area is 804 Å². The molecule has 15 rings (SSSR count). The van der Waals surface area contributed by atoms with Gasteiger partial charge in [0.1, 0.15) is 56.9 Å². The number of pyridine rings is 9. The van der Waals surface area contributed by atoms with Gasteiger partial charge in [-0.2, -0.15) is 29.0 Å². The topological polar surface area (TPSA) is 346 Å². The summed E-state index contributed by atoms with van der Waals surface area (Å²) >= 11 is 50.2. The maximum atomic E-state index is 15.4. The monoisotopic (exact) mass is 2000 g/mol. The van der Waals surface area contributed by atoms with Crippen molar-refractivity contribution in [3.05, 3.63) is 255 Å². The van der Waals surface area contributed by atoms with E-state index in [0.29, 0.717) is 50.8 Å².